The summed E-state index contributed by atoms with van der Waals surface area (Å²) in [6, 6.07) is -1.53. The zero-order valence-corrected chi connectivity index (χ0v) is 34.4. The molecule has 12 heteroatoms. The van der Waals surface area contributed by atoms with Gasteiger partial charge in [0.15, 0.2) is 6.10 Å². The van der Waals surface area contributed by atoms with Gasteiger partial charge in [0.25, 0.3) is 0 Å². The molecule has 0 fully saturated rings. The van der Waals surface area contributed by atoms with Crippen LogP contribution in [0.2, 0.25) is 0 Å². The van der Waals surface area contributed by atoms with Gasteiger partial charge < -0.3 is 25.2 Å². The molecule has 0 aliphatic carbocycles. The summed E-state index contributed by atoms with van der Waals surface area (Å²) in [5, 5.41) is 8.87. The van der Waals surface area contributed by atoms with E-state index in [1.54, 1.807) is 0 Å². The Hall–Kier alpha value is -2.56. The second kappa shape index (κ2) is 37.4. The second-order valence-corrected chi connectivity index (χ2v) is 15.2. The summed E-state index contributed by atoms with van der Waals surface area (Å²) in [5.74, 6) is -2.45. The number of phosphoric ester groups is 1. The number of allylic oxidation sites excluding steroid dienone is 8. The van der Waals surface area contributed by atoms with Crippen molar-refractivity contribution >= 4 is 25.7 Å². The first-order valence-corrected chi connectivity index (χ1v) is 22.2. The molecule has 0 aliphatic heterocycles. The van der Waals surface area contributed by atoms with Crippen molar-refractivity contribution in [3.63, 3.8) is 0 Å². The summed E-state index contributed by atoms with van der Waals surface area (Å²) >= 11 is 0. The predicted octanol–water partition coefficient (Wildman–Crippen LogP) is 10.6. The average Bonchev–Trinajstić information content (AvgIpc) is 3.14. The number of unbranched alkanes of at least 4 members (excludes halogenated alkanes) is 16. The topological polar surface area (TPSA) is 172 Å². The van der Waals surface area contributed by atoms with E-state index >= 15 is 0 Å². The first kappa shape index (κ1) is 51.4. The third kappa shape index (κ3) is 36.4. The predicted molar refractivity (Wildman–Crippen MR) is 217 cm³/mol. The molecule has 1 unspecified atom stereocenters. The molecule has 0 rings (SSSR count). The number of carbonyl (C=O) groups excluding carboxylic acids is 2. The van der Waals surface area contributed by atoms with Gasteiger partial charge in [-0.2, -0.15) is 0 Å². The lowest BCUT2D eigenvalue weighted by atomic mass is 10.0. The van der Waals surface area contributed by atoms with E-state index in [0.29, 0.717) is 19.3 Å². The van der Waals surface area contributed by atoms with Crippen molar-refractivity contribution in [3.8, 4) is 0 Å². The molecule has 11 nitrogen and oxygen atoms in total. The van der Waals surface area contributed by atoms with Crippen LogP contribution in [0.1, 0.15) is 168 Å². The van der Waals surface area contributed by atoms with Crippen molar-refractivity contribution in [2.24, 2.45) is 5.73 Å². The number of carbonyl (C=O) groups is 3. The first-order valence-electron chi connectivity index (χ1n) is 20.7. The molecule has 0 spiro atoms. The lowest BCUT2D eigenvalue weighted by Crippen LogP contribution is -2.34. The van der Waals surface area contributed by atoms with Crippen molar-refractivity contribution in [1.29, 1.82) is 0 Å². The van der Waals surface area contributed by atoms with Crippen LogP contribution in [0.4, 0.5) is 0 Å². The summed E-state index contributed by atoms with van der Waals surface area (Å²) in [6.45, 7) is 2.71. The minimum atomic E-state index is -4.72. The fourth-order valence-electron chi connectivity index (χ4n) is 5.29. The number of hydrogen-bond donors (Lipinski definition) is 3. The quantitative estimate of drug-likeness (QED) is 0.0235. The molecule has 4 N–H and O–H groups in total. The minimum absolute atomic E-state index is 0.146. The van der Waals surface area contributed by atoms with Crippen molar-refractivity contribution in [2.75, 3.05) is 19.8 Å². The molecule has 0 radical (unpaired) electrons. The summed E-state index contributed by atoms with van der Waals surface area (Å²) in [7, 11) is -4.72. The number of hydrogen-bond acceptors (Lipinski definition) is 9. The van der Waals surface area contributed by atoms with E-state index in [4.69, 9.17) is 24.8 Å². The zero-order chi connectivity index (χ0) is 40.0. The maximum atomic E-state index is 12.6. The molecule has 0 aromatic rings. The number of carboxylic acid groups (broad SMARTS) is 1. The minimum Gasteiger partial charge on any atom is -0.480 e. The largest absolute Gasteiger partial charge is 0.480 e. The third-order valence-corrected chi connectivity index (χ3v) is 9.53. The van der Waals surface area contributed by atoms with Crippen molar-refractivity contribution in [1.82, 2.24) is 0 Å². The van der Waals surface area contributed by atoms with E-state index in [2.05, 4.69) is 54.8 Å². The highest BCUT2D eigenvalue weighted by Crippen LogP contribution is 2.43. The Morgan fingerprint density at radius 3 is 1.52 bits per heavy atom. The normalized spacial score (nSPS) is 14.3. The van der Waals surface area contributed by atoms with Gasteiger partial charge in [-0.1, -0.05) is 152 Å². The molecule has 0 aromatic heterocycles. The van der Waals surface area contributed by atoms with E-state index in [0.717, 1.165) is 44.9 Å². The van der Waals surface area contributed by atoms with Gasteiger partial charge in [-0.25, -0.2) is 4.57 Å². The van der Waals surface area contributed by atoms with Gasteiger partial charge in [0.1, 0.15) is 12.6 Å². The summed E-state index contributed by atoms with van der Waals surface area (Å²) in [4.78, 5) is 45.8. The Labute approximate surface area is 326 Å². The Bertz CT molecular complexity index is 1110. The molecule has 0 aromatic carbocycles. The standard InChI is InChI=1S/C42H74NO10P/c1-3-5-7-9-11-13-15-17-18-19-20-22-23-25-27-29-31-33-40(44)50-35-38(36-51-54(48,49)52-37-39(43)42(46)47)53-41(45)34-32-30-28-26-24-21-16-14-12-10-8-6-4-2/h11,13,17-18,20,22,25,27,38-39H,3-10,12,14-16,19,21,23-24,26,28-37,43H2,1-2H3,(H,46,47)(H,48,49)/b13-11-,18-17-,22-20-,27-25-/t38-,39+/m1/s1. The number of esters is 2. The first-order chi connectivity index (χ1) is 26.1. The second-order valence-electron chi connectivity index (χ2n) is 13.8. The van der Waals surface area contributed by atoms with Gasteiger partial charge in [0, 0.05) is 12.8 Å². The molecule has 312 valence electrons. The van der Waals surface area contributed by atoms with Gasteiger partial charge >= 0.3 is 25.7 Å². The van der Waals surface area contributed by atoms with Crippen molar-refractivity contribution in [2.45, 2.75) is 180 Å². The fourth-order valence-corrected chi connectivity index (χ4v) is 6.07. The van der Waals surface area contributed by atoms with Crippen LogP contribution in [0.5, 0.6) is 0 Å². The van der Waals surface area contributed by atoms with E-state index in [1.165, 1.54) is 77.0 Å². The molecule has 0 saturated carbocycles. The Kier molecular flexibility index (Phi) is 35.6. The highest BCUT2D eigenvalue weighted by Gasteiger charge is 2.28. The molecule has 0 amide bonds. The van der Waals surface area contributed by atoms with Crippen LogP contribution in [0, 0.1) is 0 Å². The number of phosphoric acid groups is 1. The number of ether oxygens (including phenoxy) is 2. The number of aliphatic carboxylic acids is 1. The zero-order valence-electron chi connectivity index (χ0n) is 33.6. The molecule has 0 bridgehead atoms. The summed E-state index contributed by atoms with van der Waals surface area (Å²) in [5.41, 5.74) is 5.32. The van der Waals surface area contributed by atoms with E-state index in [1.807, 2.05) is 12.2 Å². The molecule has 3 atom stereocenters. The molecule has 0 saturated heterocycles. The van der Waals surface area contributed by atoms with Gasteiger partial charge in [-0.15, -0.1) is 0 Å². The van der Waals surface area contributed by atoms with Gasteiger partial charge in [0.2, 0.25) is 0 Å². The average molecular weight is 784 g/mol. The number of rotatable bonds is 38. The fraction of sp³-hybridized carbons (Fsp3) is 0.738. The highest BCUT2D eigenvalue weighted by atomic mass is 31.2. The van der Waals surface area contributed by atoms with Crippen LogP contribution >= 0.6 is 7.82 Å². The SMILES string of the molecule is CCCCC/C=C\C/C=C\C/C=C\C/C=C\CCCC(=O)OC[C@H](COP(=O)(O)OC[C@H](N)C(=O)O)OC(=O)CCCCCCCCCCCCCCC. The monoisotopic (exact) mass is 784 g/mol. The lowest BCUT2D eigenvalue weighted by Gasteiger charge is -2.20. The lowest BCUT2D eigenvalue weighted by molar-refractivity contribution is -0.161. The number of carboxylic acids is 1. The molecular formula is C42H74NO10P. The van der Waals surface area contributed by atoms with Crippen molar-refractivity contribution in [3.05, 3.63) is 48.6 Å². The van der Waals surface area contributed by atoms with Gasteiger partial charge in [0.05, 0.1) is 13.2 Å². The third-order valence-electron chi connectivity index (χ3n) is 8.58. The van der Waals surface area contributed by atoms with Crippen LogP contribution in [-0.4, -0.2) is 59.9 Å². The Morgan fingerprint density at radius 2 is 1.00 bits per heavy atom. The smallest absolute Gasteiger partial charge is 0.472 e. The Balaban J connectivity index is 4.49. The maximum absolute atomic E-state index is 12.6. The van der Waals surface area contributed by atoms with Gasteiger partial charge in [-0.3, -0.25) is 23.4 Å². The molecule has 54 heavy (non-hydrogen) atoms. The van der Waals surface area contributed by atoms with E-state index in [-0.39, 0.29) is 19.4 Å². The van der Waals surface area contributed by atoms with Crippen LogP contribution in [0.15, 0.2) is 48.6 Å². The van der Waals surface area contributed by atoms with E-state index < -0.39 is 51.1 Å². The van der Waals surface area contributed by atoms with Crippen LogP contribution in [-0.2, 0) is 37.5 Å². The maximum Gasteiger partial charge on any atom is 0.472 e. The summed E-state index contributed by atoms with van der Waals surface area (Å²) in [6.07, 6.45) is 40.4. The van der Waals surface area contributed by atoms with E-state index in [9.17, 15) is 23.8 Å². The highest BCUT2D eigenvalue weighted by molar-refractivity contribution is 7.47. The summed E-state index contributed by atoms with van der Waals surface area (Å²) < 4.78 is 32.6. The Morgan fingerprint density at radius 1 is 0.574 bits per heavy atom. The van der Waals surface area contributed by atoms with Gasteiger partial charge in [-0.05, 0) is 51.4 Å². The molecular weight excluding hydrogens is 709 g/mol. The molecule has 0 heterocycles. The number of nitrogens with two attached hydrogens (primary N) is 1. The van der Waals surface area contributed by atoms with Crippen molar-refractivity contribution < 1.29 is 47.5 Å². The van der Waals surface area contributed by atoms with Crippen LogP contribution in [0.25, 0.3) is 0 Å². The molecule has 0 aliphatic rings. The van der Waals surface area contributed by atoms with Crippen LogP contribution < -0.4 is 5.73 Å². The van der Waals surface area contributed by atoms with Crippen LogP contribution in [0.3, 0.4) is 0 Å².